The minimum absolute atomic E-state index is 0.0233. The molecule has 0 saturated heterocycles. The van der Waals surface area contributed by atoms with Crippen LogP contribution in [0.25, 0.3) is 0 Å². The Balaban J connectivity index is 1.86. The number of benzene rings is 1. The Labute approximate surface area is 151 Å². The predicted molar refractivity (Wildman–Crippen MR) is 97.3 cm³/mol. The van der Waals surface area contributed by atoms with Gasteiger partial charge >= 0.3 is 5.97 Å². The summed E-state index contributed by atoms with van der Waals surface area (Å²) in [6, 6.07) is 10.1. The van der Waals surface area contributed by atoms with E-state index in [-0.39, 0.29) is 22.1 Å². The highest BCUT2D eigenvalue weighted by Crippen LogP contribution is 2.32. The normalized spacial score (nSPS) is 20.1. The molecule has 0 fully saturated rings. The maximum atomic E-state index is 11.9. The Morgan fingerprint density at radius 1 is 1.39 bits per heavy atom. The Bertz CT molecular complexity index is 555. The summed E-state index contributed by atoms with van der Waals surface area (Å²) < 4.78 is 17.1. The fourth-order valence-corrected chi connectivity index (χ4v) is 3.11. The molecule has 0 bridgehead atoms. The first kappa shape index (κ1) is 18.3. The summed E-state index contributed by atoms with van der Waals surface area (Å²) in [6.07, 6.45) is 0.549. The molecule has 4 nitrogen and oxygen atoms in total. The van der Waals surface area contributed by atoms with Crippen LogP contribution < -0.4 is 0 Å². The summed E-state index contributed by atoms with van der Waals surface area (Å²) in [4.78, 5) is 11.9. The molecule has 0 amide bonds. The molecule has 1 aliphatic rings. The van der Waals surface area contributed by atoms with Gasteiger partial charge in [0, 0.05) is 6.42 Å². The number of allylic oxidation sites excluding steroid dienone is 1. The van der Waals surface area contributed by atoms with Crippen molar-refractivity contribution in [2.24, 2.45) is 0 Å². The summed E-state index contributed by atoms with van der Waals surface area (Å²) >= 11 is 2.35. The van der Waals surface area contributed by atoms with Gasteiger partial charge < -0.3 is 14.2 Å². The number of rotatable bonds is 7. The Hall–Kier alpha value is -1.08. The highest BCUT2D eigenvalue weighted by atomic mass is 127. The first-order valence-corrected chi connectivity index (χ1v) is 9.10. The first-order valence-electron chi connectivity index (χ1n) is 7.86. The summed E-state index contributed by atoms with van der Waals surface area (Å²) in [6.45, 7) is 6.63. The van der Waals surface area contributed by atoms with E-state index in [9.17, 15) is 4.79 Å². The highest BCUT2D eigenvalue weighted by Gasteiger charge is 2.35. The van der Waals surface area contributed by atoms with Crippen LogP contribution in [0.4, 0.5) is 0 Å². The van der Waals surface area contributed by atoms with Crippen molar-refractivity contribution in [1.82, 2.24) is 0 Å². The quantitative estimate of drug-likeness (QED) is 0.373. The number of carbonyl (C=O) groups excluding carboxylic acids is 1. The van der Waals surface area contributed by atoms with Gasteiger partial charge in [-0.25, -0.2) is 4.79 Å². The number of hydrogen-bond acceptors (Lipinski definition) is 4. The summed E-state index contributed by atoms with van der Waals surface area (Å²) in [7, 11) is 0. The lowest BCUT2D eigenvalue weighted by molar-refractivity contribution is -0.138. The van der Waals surface area contributed by atoms with E-state index in [4.69, 9.17) is 14.2 Å². The summed E-state index contributed by atoms with van der Waals surface area (Å²) in [5.74, 6) is 0.402. The van der Waals surface area contributed by atoms with E-state index < -0.39 is 0 Å². The van der Waals surface area contributed by atoms with Crippen molar-refractivity contribution in [1.29, 1.82) is 0 Å². The Morgan fingerprint density at radius 2 is 2.09 bits per heavy atom. The molecule has 2 rings (SSSR count). The van der Waals surface area contributed by atoms with Gasteiger partial charge in [-0.05, 0) is 26.3 Å². The maximum Gasteiger partial charge on any atom is 0.337 e. The van der Waals surface area contributed by atoms with Crippen molar-refractivity contribution >= 4 is 28.6 Å². The molecule has 126 valence electrons. The molecule has 1 heterocycles. The predicted octanol–water partition coefficient (Wildman–Crippen LogP) is 4.02. The fourth-order valence-electron chi connectivity index (χ4n) is 2.50. The molecule has 5 heteroatoms. The zero-order chi connectivity index (χ0) is 16.8. The minimum Gasteiger partial charge on any atom is -0.493 e. The fraction of sp³-hybridized carbons (Fsp3) is 0.500. The van der Waals surface area contributed by atoms with Crippen LogP contribution in [0.5, 0.6) is 0 Å². The lowest BCUT2D eigenvalue weighted by atomic mass is 10.1. The van der Waals surface area contributed by atoms with Gasteiger partial charge in [-0.3, -0.25) is 0 Å². The maximum absolute atomic E-state index is 11.9. The van der Waals surface area contributed by atoms with Crippen molar-refractivity contribution < 1.29 is 19.0 Å². The largest absolute Gasteiger partial charge is 0.493 e. The second kappa shape index (κ2) is 8.68. The van der Waals surface area contributed by atoms with Crippen molar-refractivity contribution in [3.8, 4) is 0 Å². The second-order valence-corrected chi connectivity index (χ2v) is 7.00. The number of hydrogen-bond donors (Lipinski definition) is 0. The summed E-state index contributed by atoms with van der Waals surface area (Å²) in [5, 5.41) is 0. The van der Waals surface area contributed by atoms with Gasteiger partial charge in [0.15, 0.2) is 0 Å². The number of halogens is 1. The third kappa shape index (κ3) is 4.94. The van der Waals surface area contributed by atoms with Gasteiger partial charge in [0.1, 0.15) is 11.9 Å². The number of esters is 1. The second-order valence-electron chi connectivity index (χ2n) is 5.56. The van der Waals surface area contributed by atoms with Crippen LogP contribution in [0, 0.1) is 0 Å². The molecule has 0 radical (unpaired) electrons. The van der Waals surface area contributed by atoms with E-state index in [1.165, 1.54) is 0 Å². The van der Waals surface area contributed by atoms with Crippen LogP contribution in [0.2, 0.25) is 0 Å². The van der Waals surface area contributed by atoms with Crippen molar-refractivity contribution in [2.75, 3.05) is 6.61 Å². The first-order chi connectivity index (χ1) is 11.0. The molecule has 0 aliphatic carbocycles. The van der Waals surface area contributed by atoms with Gasteiger partial charge in [-0.1, -0.05) is 52.9 Å². The lowest BCUT2D eigenvalue weighted by Gasteiger charge is -2.24. The molecule has 1 aliphatic heterocycles. The molecule has 1 aromatic rings. The third-order valence-corrected chi connectivity index (χ3v) is 5.65. The topological polar surface area (TPSA) is 44.8 Å². The van der Waals surface area contributed by atoms with E-state index in [2.05, 4.69) is 22.6 Å². The van der Waals surface area contributed by atoms with E-state index in [1.807, 2.05) is 51.1 Å². The molecule has 0 N–H and O–H groups in total. The molecule has 0 spiro atoms. The van der Waals surface area contributed by atoms with E-state index >= 15 is 0 Å². The Morgan fingerprint density at radius 3 is 2.74 bits per heavy atom. The van der Waals surface area contributed by atoms with Crippen LogP contribution in [0.15, 0.2) is 41.7 Å². The number of ether oxygens (including phenoxy) is 3. The van der Waals surface area contributed by atoms with Crippen LogP contribution in [0.1, 0.15) is 32.8 Å². The number of alkyl halides is 1. The van der Waals surface area contributed by atoms with Crippen LogP contribution in [-0.4, -0.2) is 28.7 Å². The van der Waals surface area contributed by atoms with Crippen LogP contribution >= 0.6 is 22.6 Å². The van der Waals surface area contributed by atoms with E-state index in [0.29, 0.717) is 31.0 Å². The molecule has 0 aromatic heterocycles. The van der Waals surface area contributed by atoms with Gasteiger partial charge in [0.05, 0.1) is 28.8 Å². The van der Waals surface area contributed by atoms with Crippen molar-refractivity contribution in [3.05, 3.63) is 47.2 Å². The molecule has 1 aromatic carbocycles. The van der Waals surface area contributed by atoms with E-state index in [0.717, 1.165) is 5.56 Å². The van der Waals surface area contributed by atoms with Gasteiger partial charge in [-0.2, -0.15) is 0 Å². The third-order valence-electron chi connectivity index (χ3n) is 3.84. The molecule has 3 atom stereocenters. The molecular weight excluding hydrogens is 407 g/mol. The molecular formula is C18H23IO4. The van der Waals surface area contributed by atoms with Gasteiger partial charge in [0.2, 0.25) is 0 Å². The molecule has 0 saturated carbocycles. The van der Waals surface area contributed by atoms with Crippen molar-refractivity contribution in [3.63, 3.8) is 0 Å². The average molecular weight is 430 g/mol. The standard InChI is InChI=1S/C18H23IO4/c1-4-21-18(20)15-10-16(23-12(15)2)17(19)13(3)22-11-14-8-6-5-7-9-14/h5-9,13,16-17H,4,10-11H2,1-3H3/t13-,16?,17?/m0/s1. The van der Waals surface area contributed by atoms with Gasteiger partial charge in [0.25, 0.3) is 0 Å². The zero-order valence-electron chi connectivity index (χ0n) is 13.8. The smallest absolute Gasteiger partial charge is 0.337 e. The lowest BCUT2D eigenvalue weighted by Crippen LogP contribution is -2.32. The van der Waals surface area contributed by atoms with Crippen LogP contribution in [-0.2, 0) is 25.6 Å². The molecule has 2 unspecified atom stereocenters. The minimum atomic E-state index is -0.269. The zero-order valence-corrected chi connectivity index (χ0v) is 15.9. The van der Waals surface area contributed by atoms with Crippen LogP contribution in [0.3, 0.4) is 0 Å². The monoisotopic (exact) mass is 430 g/mol. The number of carbonyl (C=O) groups is 1. The summed E-state index contributed by atoms with van der Waals surface area (Å²) in [5.41, 5.74) is 1.80. The Kier molecular flexibility index (Phi) is 6.89. The average Bonchev–Trinajstić information content (AvgIpc) is 2.95. The molecule has 23 heavy (non-hydrogen) atoms. The SMILES string of the molecule is CCOC(=O)C1=C(C)OC(C(I)[C@H](C)OCc2ccccc2)C1. The van der Waals surface area contributed by atoms with E-state index in [1.54, 1.807) is 0 Å². The van der Waals surface area contributed by atoms with Crippen molar-refractivity contribution in [2.45, 2.75) is 49.9 Å². The van der Waals surface area contributed by atoms with Gasteiger partial charge in [-0.15, -0.1) is 0 Å². The highest BCUT2D eigenvalue weighted by molar-refractivity contribution is 14.1.